The van der Waals surface area contributed by atoms with Crippen molar-refractivity contribution in [1.29, 1.82) is 0 Å². The number of ether oxygens (including phenoxy) is 1. The first-order chi connectivity index (χ1) is 16.6. The third-order valence-electron chi connectivity index (χ3n) is 4.52. The average molecular weight is 481 g/mol. The molecule has 182 valence electrons. The maximum Gasteiger partial charge on any atom is 0.277 e. The number of para-hydroxylation sites is 1. The lowest BCUT2D eigenvalue weighted by molar-refractivity contribution is -0.394. The van der Waals surface area contributed by atoms with E-state index in [1.54, 1.807) is 24.3 Å². The fraction of sp³-hybridized carbons (Fsp3) is 0.261. The van der Waals surface area contributed by atoms with Crippen molar-refractivity contribution in [2.45, 2.75) is 26.3 Å². The summed E-state index contributed by atoms with van der Waals surface area (Å²) in [6, 6.07) is 8.35. The van der Waals surface area contributed by atoms with Crippen LogP contribution >= 0.6 is 0 Å². The van der Waals surface area contributed by atoms with Gasteiger partial charge in [-0.15, -0.1) is 6.42 Å². The largest absolute Gasteiger partial charge is 0.480 e. The first-order valence-electron chi connectivity index (χ1n) is 10.3. The van der Waals surface area contributed by atoms with Crippen LogP contribution in [0.3, 0.4) is 0 Å². The Morgan fingerprint density at radius 2 is 1.77 bits per heavy atom. The number of nitrogens with one attached hydrogen (secondary N) is 2. The number of hydrazone groups is 1. The number of nitrogens with zero attached hydrogens (tertiary/aromatic N) is 3. The van der Waals surface area contributed by atoms with E-state index in [4.69, 9.17) is 11.2 Å². The minimum atomic E-state index is -1.06. The van der Waals surface area contributed by atoms with Gasteiger partial charge in [-0.2, -0.15) is 5.10 Å². The molecule has 35 heavy (non-hydrogen) atoms. The van der Waals surface area contributed by atoms with Gasteiger partial charge in [0.05, 0.1) is 27.7 Å². The van der Waals surface area contributed by atoms with Crippen LogP contribution in [0.2, 0.25) is 0 Å². The summed E-state index contributed by atoms with van der Waals surface area (Å²) in [6.07, 6.45) is 6.76. The van der Waals surface area contributed by atoms with Crippen LogP contribution in [0.4, 0.5) is 11.4 Å². The standard InChI is InChI=1S/C23H23N5O7/c1-4-9-35-21-8-6-5-7-16(21)14-24-26-23(30)20(10-15(2)3)25-22(29)17-11-18(27(31)32)13-19(12-17)28(33)34/h1,5-8,11-15,20H,9-10H2,2-3H3,(H,25,29)(H,26,30)/b24-14-/t20-/m1/s1. The predicted octanol–water partition coefficient (Wildman–Crippen LogP) is 2.81. The molecule has 1 atom stereocenters. The Kier molecular flexibility index (Phi) is 9.41. The van der Waals surface area contributed by atoms with Crippen molar-refractivity contribution in [3.05, 3.63) is 73.8 Å². The highest BCUT2D eigenvalue weighted by atomic mass is 16.6. The lowest BCUT2D eigenvalue weighted by Crippen LogP contribution is -2.46. The third-order valence-corrected chi connectivity index (χ3v) is 4.52. The van der Waals surface area contributed by atoms with Crippen LogP contribution in [-0.4, -0.2) is 40.5 Å². The minimum absolute atomic E-state index is 0.0210. The van der Waals surface area contributed by atoms with Gasteiger partial charge in [0.15, 0.2) is 0 Å². The second-order valence-corrected chi connectivity index (χ2v) is 7.67. The average Bonchev–Trinajstić information content (AvgIpc) is 2.82. The summed E-state index contributed by atoms with van der Waals surface area (Å²) < 4.78 is 5.41. The van der Waals surface area contributed by atoms with Gasteiger partial charge in [0.25, 0.3) is 23.2 Å². The molecule has 0 fully saturated rings. The Morgan fingerprint density at radius 3 is 2.34 bits per heavy atom. The number of hydrogen-bond acceptors (Lipinski definition) is 8. The lowest BCUT2D eigenvalue weighted by atomic mass is 10.0. The molecule has 0 spiro atoms. The zero-order valence-corrected chi connectivity index (χ0v) is 19.0. The lowest BCUT2D eigenvalue weighted by Gasteiger charge is -2.19. The Bertz CT molecular complexity index is 1150. The van der Waals surface area contributed by atoms with Gasteiger partial charge in [-0.3, -0.25) is 29.8 Å². The predicted molar refractivity (Wildman–Crippen MR) is 127 cm³/mol. The monoisotopic (exact) mass is 481 g/mol. The van der Waals surface area contributed by atoms with Crippen molar-refractivity contribution in [2.24, 2.45) is 11.0 Å². The summed E-state index contributed by atoms with van der Waals surface area (Å²) >= 11 is 0. The van der Waals surface area contributed by atoms with Gasteiger partial charge in [-0.25, -0.2) is 5.43 Å². The number of carbonyl (C=O) groups excluding carboxylic acids is 2. The number of hydrogen-bond donors (Lipinski definition) is 2. The smallest absolute Gasteiger partial charge is 0.277 e. The molecule has 0 saturated carbocycles. The molecular weight excluding hydrogens is 458 g/mol. The van der Waals surface area contributed by atoms with E-state index in [1.165, 1.54) is 6.21 Å². The van der Waals surface area contributed by atoms with Crippen LogP contribution in [0, 0.1) is 38.5 Å². The van der Waals surface area contributed by atoms with Gasteiger partial charge in [-0.1, -0.05) is 31.9 Å². The summed E-state index contributed by atoms with van der Waals surface area (Å²) in [5.41, 5.74) is 1.33. The third kappa shape index (κ3) is 7.93. The molecule has 0 bridgehead atoms. The molecule has 0 aliphatic heterocycles. The highest BCUT2D eigenvalue weighted by Crippen LogP contribution is 2.23. The molecule has 2 N–H and O–H groups in total. The minimum Gasteiger partial charge on any atom is -0.480 e. The van der Waals surface area contributed by atoms with E-state index in [9.17, 15) is 29.8 Å². The Morgan fingerprint density at radius 1 is 1.14 bits per heavy atom. The van der Waals surface area contributed by atoms with Gasteiger partial charge in [0.1, 0.15) is 18.4 Å². The van der Waals surface area contributed by atoms with Gasteiger partial charge in [0, 0.05) is 17.7 Å². The van der Waals surface area contributed by atoms with Crippen molar-refractivity contribution in [1.82, 2.24) is 10.7 Å². The van der Waals surface area contributed by atoms with Crippen molar-refractivity contribution in [3.8, 4) is 18.1 Å². The Labute approximate surface area is 200 Å². The Hall–Kier alpha value is -4.79. The maximum absolute atomic E-state index is 12.7. The van der Waals surface area contributed by atoms with E-state index < -0.39 is 39.1 Å². The topological polar surface area (TPSA) is 166 Å². The molecule has 0 radical (unpaired) electrons. The molecule has 0 unspecified atom stereocenters. The van der Waals surface area contributed by atoms with Crippen molar-refractivity contribution in [2.75, 3.05) is 6.61 Å². The molecule has 0 aliphatic carbocycles. The molecule has 0 heterocycles. The number of benzene rings is 2. The van der Waals surface area contributed by atoms with Crippen LogP contribution in [-0.2, 0) is 4.79 Å². The highest BCUT2D eigenvalue weighted by Gasteiger charge is 2.25. The summed E-state index contributed by atoms with van der Waals surface area (Å²) in [5.74, 6) is 1.26. The van der Waals surface area contributed by atoms with E-state index in [-0.39, 0.29) is 24.5 Å². The fourth-order valence-corrected chi connectivity index (χ4v) is 2.96. The van der Waals surface area contributed by atoms with Crippen LogP contribution in [0.15, 0.2) is 47.6 Å². The van der Waals surface area contributed by atoms with Gasteiger partial charge in [0.2, 0.25) is 0 Å². The van der Waals surface area contributed by atoms with Gasteiger partial charge in [-0.05, 0) is 24.5 Å². The molecule has 12 nitrogen and oxygen atoms in total. The molecular formula is C23H23N5O7. The normalized spacial score (nSPS) is 11.5. The maximum atomic E-state index is 12.7. The summed E-state index contributed by atoms with van der Waals surface area (Å²) in [7, 11) is 0. The zero-order valence-electron chi connectivity index (χ0n) is 19.0. The SMILES string of the molecule is C#CCOc1ccccc1/C=N\NC(=O)[C@@H](CC(C)C)NC(=O)c1cc([N+](=O)[O-])cc([N+](=O)[O-])c1. The van der Waals surface area contributed by atoms with E-state index in [1.807, 2.05) is 13.8 Å². The van der Waals surface area contributed by atoms with Gasteiger partial charge >= 0.3 is 0 Å². The van der Waals surface area contributed by atoms with Crippen LogP contribution < -0.4 is 15.5 Å². The number of nitro groups is 2. The molecule has 12 heteroatoms. The quantitative estimate of drug-likeness (QED) is 0.215. The number of nitro benzene ring substituents is 2. The number of non-ortho nitro benzene ring substituents is 2. The fourth-order valence-electron chi connectivity index (χ4n) is 2.96. The summed E-state index contributed by atoms with van der Waals surface area (Å²) in [4.78, 5) is 46.0. The van der Waals surface area contributed by atoms with Crippen LogP contribution in [0.1, 0.15) is 36.2 Å². The van der Waals surface area contributed by atoms with Crippen LogP contribution in [0.5, 0.6) is 5.75 Å². The number of amides is 2. The molecule has 0 saturated heterocycles. The number of carbonyl (C=O) groups is 2. The molecule has 2 amide bonds. The zero-order chi connectivity index (χ0) is 26.0. The first kappa shape index (κ1) is 26.5. The van der Waals surface area contributed by atoms with E-state index in [2.05, 4.69) is 21.8 Å². The molecule has 0 aliphatic rings. The first-order valence-corrected chi connectivity index (χ1v) is 10.3. The second kappa shape index (κ2) is 12.4. The summed E-state index contributed by atoms with van der Waals surface area (Å²) in [5, 5.41) is 28.6. The second-order valence-electron chi connectivity index (χ2n) is 7.67. The van der Waals surface area contributed by atoms with Gasteiger partial charge < -0.3 is 10.1 Å². The molecule has 2 rings (SSSR count). The Balaban J connectivity index is 2.19. The van der Waals surface area contributed by atoms with Crippen molar-refractivity contribution >= 4 is 29.4 Å². The highest BCUT2D eigenvalue weighted by molar-refractivity contribution is 5.98. The van der Waals surface area contributed by atoms with E-state index in [0.717, 1.165) is 18.2 Å². The van der Waals surface area contributed by atoms with E-state index in [0.29, 0.717) is 11.3 Å². The van der Waals surface area contributed by atoms with Crippen LogP contribution in [0.25, 0.3) is 0 Å². The number of terminal acetylenes is 1. The van der Waals surface area contributed by atoms with E-state index >= 15 is 0 Å². The number of rotatable bonds is 11. The molecule has 2 aromatic carbocycles. The summed E-state index contributed by atoms with van der Waals surface area (Å²) in [6.45, 7) is 3.70. The molecule has 2 aromatic rings. The molecule has 0 aromatic heterocycles. The van der Waals surface area contributed by atoms with Crippen molar-refractivity contribution in [3.63, 3.8) is 0 Å². The van der Waals surface area contributed by atoms with Crippen molar-refractivity contribution < 1.29 is 24.2 Å².